The van der Waals surface area contributed by atoms with Gasteiger partial charge < -0.3 is 14.6 Å². The fraction of sp³-hybridized carbons (Fsp3) is 0.400. The Morgan fingerprint density at radius 2 is 2.00 bits per heavy atom. The molecule has 0 aromatic heterocycles. The average molecular weight is 182 g/mol. The third-order valence-electron chi connectivity index (χ3n) is 2.00. The van der Waals surface area contributed by atoms with Crippen molar-refractivity contribution in [3.05, 3.63) is 36.0 Å². The van der Waals surface area contributed by atoms with Gasteiger partial charge in [-0.15, -0.1) is 0 Å². The molecule has 0 heterocycles. The van der Waals surface area contributed by atoms with Crippen molar-refractivity contribution in [1.29, 1.82) is 0 Å². The van der Waals surface area contributed by atoms with Crippen molar-refractivity contribution < 1.29 is 14.6 Å². The van der Waals surface area contributed by atoms with Gasteiger partial charge in [-0.05, 0) is 6.42 Å². The first-order chi connectivity index (χ1) is 6.12. The van der Waals surface area contributed by atoms with Gasteiger partial charge in [0.05, 0.1) is 0 Å². The van der Waals surface area contributed by atoms with Crippen LogP contribution in [0.4, 0.5) is 0 Å². The van der Waals surface area contributed by atoms with Crippen LogP contribution in [0.3, 0.4) is 0 Å². The zero-order valence-electron chi connectivity index (χ0n) is 7.91. The van der Waals surface area contributed by atoms with Crippen LogP contribution in [0, 0.1) is 0 Å². The zero-order chi connectivity index (χ0) is 9.90. The fourth-order valence-corrected chi connectivity index (χ4v) is 1.14. The van der Waals surface area contributed by atoms with E-state index in [1.165, 1.54) is 14.2 Å². The summed E-state index contributed by atoms with van der Waals surface area (Å²) in [5, 5.41) is 9.75. The molecule has 0 fully saturated rings. The predicted octanol–water partition coefficient (Wildman–Crippen LogP) is 1.37. The van der Waals surface area contributed by atoms with Crippen LogP contribution < -0.4 is 0 Å². The minimum atomic E-state index is -1.63. The molecule has 0 amide bonds. The molecule has 0 unspecified atom stereocenters. The van der Waals surface area contributed by atoms with E-state index in [1.54, 1.807) is 6.08 Å². The molecule has 0 saturated carbocycles. The van der Waals surface area contributed by atoms with Crippen molar-refractivity contribution in [3.8, 4) is 0 Å². The summed E-state index contributed by atoms with van der Waals surface area (Å²) in [6.45, 7) is 3.79. The normalized spacial score (nSPS) is 17.5. The first-order valence-electron chi connectivity index (χ1n) is 4.01. The molecule has 72 valence electrons. The lowest BCUT2D eigenvalue weighted by atomic mass is 10.0. The van der Waals surface area contributed by atoms with Gasteiger partial charge in [-0.3, -0.25) is 0 Å². The summed E-state index contributed by atoms with van der Waals surface area (Å²) in [4.78, 5) is 0. The standard InChI is InChI=1S/C10H14O3/c1-8-4-6-9(7-5-8)10(11,12-2)13-3/h4,6-7,11H,1,5H2,2-3H3. The van der Waals surface area contributed by atoms with E-state index in [9.17, 15) is 5.11 Å². The monoisotopic (exact) mass is 182 g/mol. The molecule has 1 aliphatic carbocycles. The molecule has 1 aliphatic rings. The van der Waals surface area contributed by atoms with Gasteiger partial charge in [-0.1, -0.05) is 30.4 Å². The highest BCUT2D eigenvalue weighted by molar-refractivity contribution is 5.36. The molecular formula is C10H14O3. The van der Waals surface area contributed by atoms with E-state index in [0.717, 1.165) is 5.57 Å². The van der Waals surface area contributed by atoms with Gasteiger partial charge in [0.1, 0.15) is 0 Å². The molecule has 0 radical (unpaired) electrons. The Labute approximate surface area is 78.0 Å². The second-order valence-corrected chi connectivity index (χ2v) is 2.85. The van der Waals surface area contributed by atoms with E-state index in [0.29, 0.717) is 12.0 Å². The second kappa shape index (κ2) is 3.87. The van der Waals surface area contributed by atoms with Crippen LogP contribution in [0.15, 0.2) is 36.0 Å². The Kier molecular flexibility index (Phi) is 3.03. The van der Waals surface area contributed by atoms with E-state index in [2.05, 4.69) is 6.58 Å². The summed E-state index contributed by atoms with van der Waals surface area (Å²) in [6, 6.07) is 0. The summed E-state index contributed by atoms with van der Waals surface area (Å²) in [5.41, 5.74) is 1.60. The minimum Gasteiger partial charge on any atom is -0.339 e. The van der Waals surface area contributed by atoms with E-state index in [-0.39, 0.29) is 0 Å². The van der Waals surface area contributed by atoms with Crippen molar-refractivity contribution in [3.63, 3.8) is 0 Å². The largest absolute Gasteiger partial charge is 0.339 e. The number of aliphatic hydroxyl groups is 1. The number of rotatable bonds is 3. The highest BCUT2D eigenvalue weighted by Crippen LogP contribution is 2.25. The molecule has 0 spiro atoms. The molecular weight excluding hydrogens is 168 g/mol. The van der Waals surface area contributed by atoms with E-state index >= 15 is 0 Å². The number of hydrogen-bond acceptors (Lipinski definition) is 3. The number of ether oxygens (including phenoxy) is 2. The van der Waals surface area contributed by atoms with Gasteiger partial charge in [0.25, 0.3) is 0 Å². The average Bonchev–Trinajstić information content (AvgIpc) is 2.18. The van der Waals surface area contributed by atoms with E-state index < -0.39 is 5.97 Å². The Hall–Kier alpha value is -0.900. The van der Waals surface area contributed by atoms with Gasteiger partial charge in [-0.2, -0.15) is 0 Å². The van der Waals surface area contributed by atoms with Gasteiger partial charge in [0.15, 0.2) is 0 Å². The smallest absolute Gasteiger partial charge is 0.308 e. The highest BCUT2D eigenvalue weighted by atomic mass is 16.8. The van der Waals surface area contributed by atoms with Gasteiger partial charge in [-0.25, -0.2) is 0 Å². The van der Waals surface area contributed by atoms with Crippen LogP contribution in [0.1, 0.15) is 6.42 Å². The summed E-state index contributed by atoms with van der Waals surface area (Å²) in [7, 11) is 2.78. The number of allylic oxidation sites excluding steroid dienone is 3. The third kappa shape index (κ3) is 2.06. The molecule has 1 rings (SSSR count). The Morgan fingerprint density at radius 3 is 2.38 bits per heavy atom. The summed E-state index contributed by atoms with van der Waals surface area (Å²) in [6.07, 6.45) is 6.10. The molecule has 13 heavy (non-hydrogen) atoms. The van der Waals surface area contributed by atoms with Crippen molar-refractivity contribution >= 4 is 0 Å². The lowest BCUT2D eigenvalue weighted by Gasteiger charge is -2.26. The van der Waals surface area contributed by atoms with Crippen LogP contribution in [0.2, 0.25) is 0 Å². The molecule has 0 saturated heterocycles. The van der Waals surface area contributed by atoms with E-state index in [1.807, 2.05) is 12.2 Å². The van der Waals surface area contributed by atoms with Crippen molar-refractivity contribution in [2.45, 2.75) is 12.4 Å². The van der Waals surface area contributed by atoms with E-state index in [4.69, 9.17) is 9.47 Å². The number of hydrogen-bond donors (Lipinski definition) is 1. The zero-order valence-corrected chi connectivity index (χ0v) is 7.91. The topological polar surface area (TPSA) is 38.7 Å². The van der Waals surface area contributed by atoms with Gasteiger partial charge in [0, 0.05) is 19.8 Å². The lowest BCUT2D eigenvalue weighted by Crippen LogP contribution is -2.35. The summed E-state index contributed by atoms with van der Waals surface area (Å²) < 4.78 is 9.69. The molecule has 1 N–H and O–H groups in total. The lowest BCUT2D eigenvalue weighted by molar-refractivity contribution is -0.310. The molecule has 0 bridgehead atoms. The molecule has 0 aromatic carbocycles. The molecule has 0 atom stereocenters. The minimum absolute atomic E-state index is 0.602. The predicted molar refractivity (Wildman–Crippen MR) is 49.9 cm³/mol. The Morgan fingerprint density at radius 1 is 1.38 bits per heavy atom. The molecule has 0 aliphatic heterocycles. The van der Waals surface area contributed by atoms with Gasteiger partial charge in [0.2, 0.25) is 0 Å². The molecule has 0 aromatic rings. The van der Waals surface area contributed by atoms with Crippen molar-refractivity contribution in [2.75, 3.05) is 14.2 Å². The quantitative estimate of drug-likeness (QED) is 0.670. The Balaban J connectivity index is 2.83. The maximum Gasteiger partial charge on any atom is 0.308 e. The maximum absolute atomic E-state index is 9.75. The summed E-state index contributed by atoms with van der Waals surface area (Å²) in [5.74, 6) is -1.63. The third-order valence-corrected chi connectivity index (χ3v) is 2.00. The fourth-order valence-electron chi connectivity index (χ4n) is 1.14. The SMILES string of the molecule is C=C1C=CC(C(O)(OC)OC)=CC1. The first-order valence-corrected chi connectivity index (χ1v) is 4.01. The van der Waals surface area contributed by atoms with Crippen LogP contribution in [-0.2, 0) is 9.47 Å². The Bertz CT molecular complexity index is 259. The van der Waals surface area contributed by atoms with Crippen LogP contribution in [0.5, 0.6) is 0 Å². The molecule has 3 nitrogen and oxygen atoms in total. The maximum atomic E-state index is 9.75. The summed E-state index contributed by atoms with van der Waals surface area (Å²) >= 11 is 0. The van der Waals surface area contributed by atoms with Crippen molar-refractivity contribution in [1.82, 2.24) is 0 Å². The van der Waals surface area contributed by atoms with Gasteiger partial charge >= 0.3 is 5.97 Å². The van der Waals surface area contributed by atoms with Crippen molar-refractivity contribution in [2.24, 2.45) is 0 Å². The molecule has 3 heteroatoms. The second-order valence-electron chi connectivity index (χ2n) is 2.85. The number of methoxy groups -OCH3 is 2. The first kappa shape index (κ1) is 10.2. The highest BCUT2D eigenvalue weighted by Gasteiger charge is 2.30. The van der Waals surface area contributed by atoms with Crippen LogP contribution >= 0.6 is 0 Å². The van der Waals surface area contributed by atoms with Crippen LogP contribution in [-0.4, -0.2) is 25.3 Å². The van der Waals surface area contributed by atoms with Crippen LogP contribution in [0.25, 0.3) is 0 Å².